The van der Waals surface area contributed by atoms with Gasteiger partial charge in [0.15, 0.2) is 0 Å². The number of hydrogen-bond donors (Lipinski definition) is 2. The van der Waals surface area contributed by atoms with Crippen molar-refractivity contribution in [1.82, 2.24) is 20.5 Å². The lowest BCUT2D eigenvalue weighted by Crippen LogP contribution is -2.52. The Morgan fingerprint density at radius 3 is 2.79 bits per heavy atom. The minimum Gasteiger partial charge on any atom is -0.385 e. The molecule has 1 saturated heterocycles. The molecule has 3 atom stereocenters. The Morgan fingerprint density at radius 1 is 1.24 bits per heavy atom. The Hall–Kier alpha value is -1.41. The molecule has 3 rings (SSSR count). The first-order valence-electron chi connectivity index (χ1n) is 13.0. The van der Waals surface area contributed by atoms with E-state index in [0.717, 1.165) is 50.4 Å². The molecule has 192 valence electrons. The summed E-state index contributed by atoms with van der Waals surface area (Å²) in [6.45, 7) is 3.48. The van der Waals surface area contributed by atoms with Gasteiger partial charge in [0.2, 0.25) is 0 Å². The average Bonchev–Trinajstić information content (AvgIpc) is 2.85. The van der Waals surface area contributed by atoms with Crippen LogP contribution in [0.5, 0.6) is 0 Å². The number of carbonyl (C=O) groups excluding carboxylic acids is 1. The van der Waals surface area contributed by atoms with Crippen LogP contribution in [0, 0.1) is 11.8 Å². The van der Waals surface area contributed by atoms with Crippen molar-refractivity contribution in [3.05, 3.63) is 29.0 Å². The Balaban J connectivity index is 1.62. The molecule has 2 aliphatic rings. The number of likely N-dealkylation sites (tertiary alicyclic amines) is 1. The quantitative estimate of drug-likeness (QED) is 0.408. The number of pyridine rings is 1. The second-order valence-corrected chi connectivity index (χ2v) is 10.3. The van der Waals surface area contributed by atoms with Gasteiger partial charge in [-0.25, -0.2) is 4.79 Å². The number of nitrogens with one attached hydrogen (secondary N) is 2. The highest BCUT2D eigenvalue weighted by atomic mass is 35.5. The van der Waals surface area contributed by atoms with Crippen molar-refractivity contribution < 1.29 is 14.3 Å². The third-order valence-electron chi connectivity index (χ3n) is 7.12. The van der Waals surface area contributed by atoms with Crippen molar-refractivity contribution in [2.24, 2.45) is 11.8 Å². The fourth-order valence-corrected chi connectivity index (χ4v) is 5.59. The number of likely N-dealkylation sites (N-methyl/N-ethyl adjacent to an activating group) is 1. The van der Waals surface area contributed by atoms with Crippen LogP contribution in [0.3, 0.4) is 0 Å². The topological polar surface area (TPSA) is 75.7 Å². The van der Waals surface area contributed by atoms with Crippen molar-refractivity contribution in [2.75, 3.05) is 47.0 Å². The molecule has 34 heavy (non-hydrogen) atoms. The van der Waals surface area contributed by atoms with E-state index in [1.807, 2.05) is 18.0 Å². The summed E-state index contributed by atoms with van der Waals surface area (Å²) in [5.41, 5.74) is 0.836. The van der Waals surface area contributed by atoms with Crippen molar-refractivity contribution in [3.8, 4) is 0 Å². The Morgan fingerprint density at radius 2 is 2.06 bits per heavy atom. The molecule has 1 aliphatic carbocycles. The fourth-order valence-electron chi connectivity index (χ4n) is 5.43. The molecule has 0 bridgehead atoms. The summed E-state index contributed by atoms with van der Waals surface area (Å²) in [6.07, 6.45) is 11.9. The lowest BCUT2D eigenvalue weighted by atomic mass is 9.85. The number of amides is 2. The molecule has 1 aromatic heterocycles. The second-order valence-electron chi connectivity index (χ2n) is 9.83. The van der Waals surface area contributed by atoms with Crippen LogP contribution in [-0.4, -0.2) is 69.0 Å². The van der Waals surface area contributed by atoms with Gasteiger partial charge in [-0.2, -0.15) is 0 Å². The molecule has 0 radical (unpaired) electrons. The van der Waals surface area contributed by atoms with Crippen LogP contribution >= 0.6 is 11.6 Å². The fraction of sp³-hybridized carbons (Fsp3) is 0.769. The molecule has 0 spiro atoms. The van der Waals surface area contributed by atoms with Crippen LogP contribution in [0.15, 0.2) is 18.3 Å². The number of rotatable bonds is 12. The van der Waals surface area contributed by atoms with Crippen LogP contribution in [-0.2, 0) is 9.47 Å². The number of methoxy groups -OCH3 is 1. The van der Waals surface area contributed by atoms with Gasteiger partial charge in [0.1, 0.15) is 6.10 Å². The number of halogens is 1. The third-order valence-corrected chi connectivity index (χ3v) is 7.35. The van der Waals surface area contributed by atoms with Crippen LogP contribution in [0.4, 0.5) is 4.79 Å². The van der Waals surface area contributed by atoms with E-state index in [9.17, 15) is 4.79 Å². The standard InChI is InChI=1S/C26H43ClN4O3/c1-28-18-23(16-20-8-4-3-5-9-20)30-26(32)31-13-6-10-21(19-31)25(34-15-7-14-33-2)24-17-22(27)11-12-29-24/h11-12,17,20-21,23,25,28H,3-10,13-16,18-19H2,1-2H3,(H,30,32). The molecule has 8 heteroatoms. The van der Waals surface area contributed by atoms with Crippen molar-refractivity contribution in [2.45, 2.75) is 69.9 Å². The number of urea groups is 1. The summed E-state index contributed by atoms with van der Waals surface area (Å²) in [5.74, 6) is 0.898. The van der Waals surface area contributed by atoms with E-state index in [1.54, 1.807) is 19.4 Å². The summed E-state index contributed by atoms with van der Waals surface area (Å²) in [7, 11) is 3.66. The summed E-state index contributed by atoms with van der Waals surface area (Å²) in [5, 5.41) is 7.25. The van der Waals surface area contributed by atoms with Crippen LogP contribution in [0.25, 0.3) is 0 Å². The van der Waals surface area contributed by atoms with E-state index >= 15 is 0 Å². The number of ether oxygens (including phenoxy) is 2. The minimum absolute atomic E-state index is 0.0398. The molecule has 2 fully saturated rings. The monoisotopic (exact) mass is 494 g/mol. The zero-order valence-electron chi connectivity index (χ0n) is 20.9. The highest BCUT2D eigenvalue weighted by Gasteiger charge is 2.33. The van der Waals surface area contributed by atoms with Crippen molar-refractivity contribution >= 4 is 17.6 Å². The Kier molecular flexibility index (Phi) is 11.9. The number of carbonyl (C=O) groups is 1. The first-order chi connectivity index (χ1) is 16.6. The van der Waals surface area contributed by atoms with Gasteiger partial charge in [0.25, 0.3) is 0 Å². The van der Waals surface area contributed by atoms with E-state index in [4.69, 9.17) is 21.1 Å². The van der Waals surface area contributed by atoms with E-state index in [1.165, 1.54) is 32.1 Å². The predicted octanol–water partition coefficient (Wildman–Crippen LogP) is 4.81. The number of piperidine rings is 1. The van der Waals surface area contributed by atoms with Crippen LogP contribution in [0.1, 0.15) is 69.6 Å². The SMILES string of the molecule is CNCC(CC1CCCCC1)NC(=O)N1CCCC(C(OCCCOC)c2cc(Cl)ccn2)C1. The molecule has 1 saturated carbocycles. The number of aromatic nitrogens is 1. The molecule has 2 amide bonds. The summed E-state index contributed by atoms with van der Waals surface area (Å²) in [4.78, 5) is 19.8. The Bertz CT molecular complexity index is 732. The van der Waals surface area contributed by atoms with Crippen molar-refractivity contribution in [3.63, 3.8) is 0 Å². The lowest BCUT2D eigenvalue weighted by Gasteiger charge is -2.37. The zero-order valence-corrected chi connectivity index (χ0v) is 21.7. The van der Waals surface area contributed by atoms with E-state index in [2.05, 4.69) is 15.6 Å². The summed E-state index contributed by atoms with van der Waals surface area (Å²) in [6, 6.07) is 3.87. The third kappa shape index (κ3) is 8.67. The lowest BCUT2D eigenvalue weighted by molar-refractivity contribution is -0.0191. The van der Waals surface area contributed by atoms with Gasteiger partial charge < -0.3 is 25.0 Å². The highest BCUT2D eigenvalue weighted by Crippen LogP contribution is 2.33. The van der Waals surface area contributed by atoms with Gasteiger partial charge in [-0.1, -0.05) is 43.7 Å². The molecular weight excluding hydrogens is 452 g/mol. The first-order valence-corrected chi connectivity index (χ1v) is 13.4. The molecule has 7 nitrogen and oxygen atoms in total. The van der Waals surface area contributed by atoms with Gasteiger partial charge in [-0.3, -0.25) is 4.98 Å². The summed E-state index contributed by atoms with van der Waals surface area (Å²) >= 11 is 6.26. The van der Waals surface area contributed by atoms with E-state index in [0.29, 0.717) is 24.8 Å². The molecule has 2 heterocycles. The first kappa shape index (κ1) is 27.2. The minimum atomic E-state index is -0.193. The maximum Gasteiger partial charge on any atom is 0.317 e. The molecule has 1 aliphatic heterocycles. The van der Waals surface area contributed by atoms with Crippen LogP contribution < -0.4 is 10.6 Å². The van der Waals surface area contributed by atoms with Gasteiger partial charge in [0.05, 0.1) is 5.69 Å². The molecule has 1 aromatic rings. The molecule has 3 unspecified atom stereocenters. The highest BCUT2D eigenvalue weighted by molar-refractivity contribution is 6.30. The molecule has 0 aromatic carbocycles. The maximum atomic E-state index is 13.3. The number of hydrogen-bond acceptors (Lipinski definition) is 5. The van der Waals surface area contributed by atoms with E-state index in [-0.39, 0.29) is 24.1 Å². The Labute approximate surface area is 210 Å². The van der Waals surface area contributed by atoms with Gasteiger partial charge in [-0.15, -0.1) is 0 Å². The van der Waals surface area contributed by atoms with Gasteiger partial charge in [0, 0.05) is 63.1 Å². The van der Waals surface area contributed by atoms with Gasteiger partial charge >= 0.3 is 6.03 Å². The largest absolute Gasteiger partial charge is 0.385 e. The predicted molar refractivity (Wildman–Crippen MR) is 136 cm³/mol. The van der Waals surface area contributed by atoms with Crippen molar-refractivity contribution in [1.29, 1.82) is 0 Å². The zero-order chi connectivity index (χ0) is 24.2. The van der Waals surface area contributed by atoms with E-state index < -0.39 is 0 Å². The molecular formula is C26H43ClN4O3. The normalized spacial score (nSPS) is 21.3. The smallest absolute Gasteiger partial charge is 0.317 e. The van der Waals surface area contributed by atoms with Gasteiger partial charge in [-0.05, 0) is 50.8 Å². The average molecular weight is 495 g/mol. The van der Waals surface area contributed by atoms with Crippen LogP contribution in [0.2, 0.25) is 5.02 Å². The second kappa shape index (κ2) is 14.9. The maximum absolute atomic E-state index is 13.3. The summed E-state index contributed by atoms with van der Waals surface area (Å²) < 4.78 is 11.5. The number of nitrogens with zero attached hydrogens (tertiary/aromatic N) is 2. The molecule has 2 N–H and O–H groups in total.